The molecular weight excluding hydrogens is 436 g/mol. The van der Waals surface area contributed by atoms with E-state index >= 15 is 0 Å². The molecule has 0 spiro atoms. The molecule has 5 rings (SSSR count). The average molecular weight is 458 g/mol. The summed E-state index contributed by atoms with van der Waals surface area (Å²) in [6.07, 6.45) is -0.303. The summed E-state index contributed by atoms with van der Waals surface area (Å²) in [5.41, 5.74) is 1.74. The second kappa shape index (κ2) is 8.08. The van der Waals surface area contributed by atoms with Gasteiger partial charge in [0.25, 0.3) is 0 Å². The first-order valence-corrected chi connectivity index (χ1v) is 11.7. The Kier molecular flexibility index (Phi) is 5.24. The van der Waals surface area contributed by atoms with E-state index in [2.05, 4.69) is 15.5 Å². The van der Waals surface area contributed by atoms with Crippen LogP contribution < -0.4 is 20.1 Å². The molecule has 0 aliphatic carbocycles. The molecule has 0 radical (unpaired) electrons. The number of nitrogens with zero attached hydrogens (tertiary/aromatic N) is 2. The Balaban J connectivity index is 1.26. The number of carbonyl (C=O) groups excluding carboxylic acids is 2. The first kappa shape index (κ1) is 20.7. The normalized spacial score (nSPS) is 19.1. The molecular formula is C21H22N4O6S. The summed E-state index contributed by atoms with van der Waals surface area (Å²) in [7, 11) is -3.74. The van der Waals surface area contributed by atoms with Crippen molar-refractivity contribution in [1.82, 2.24) is 9.21 Å². The van der Waals surface area contributed by atoms with Gasteiger partial charge in [-0.3, -0.25) is 14.5 Å². The van der Waals surface area contributed by atoms with Crippen LogP contribution in [0.15, 0.2) is 41.3 Å². The number of hydrogen-bond acceptors (Lipinski definition) is 7. The van der Waals surface area contributed by atoms with Crippen LogP contribution in [0, 0.1) is 0 Å². The van der Waals surface area contributed by atoms with Crippen molar-refractivity contribution in [2.24, 2.45) is 0 Å². The number of hydrogen-bond donors (Lipinski definition) is 2. The first-order chi connectivity index (χ1) is 15.4. The van der Waals surface area contributed by atoms with Gasteiger partial charge >= 0.3 is 0 Å². The third kappa shape index (κ3) is 4.01. The van der Waals surface area contributed by atoms with E-state index in [0.29, 0.717) is 38.4 Å². The highest BCUT2D eigenvalue weighted by molar-refractivity contribution is 7.89. The molecule has 1 saturated heterocycles. The molecule has 0 bridgehead atoms. The van der Waals surface area contributed by atoms with E-state index in [1.165, 1.54) is 22.5 Å². The van der Waals surface area contributed by atoms with Crippen LogP contribution in [-0.4, -0.2) is 62.4 Å². The van der Waals surface area contributed by atoms with Crippen LogP contribution in [-0.2, 0) is 26.2 Å². The predicted molar refractivity (Wildman–Crippen MR) is 115 cm³/mol. The second-order valence-corrected chi connectivity index (χ2v) is 9.79. The molecule has 3 aliphatic heterocycles. The zero-order valence-electron chi connectivity index (χ0n) is 17.2. The van der Waals surface area contributed by atoms with Crippen molar-refractivity contribution in [3.8, 4) is 11.5 Å². The lowest BCUT2D eigenvalue weighted by Crippen LogP contribution is -2.48. The van der Waals surface area contributed by atoms with E-state index < -0.39 is 21.8 Å². The zero-order chi connectivity index (χ0) is 22.3. The van der Waals surface area contributed by atoms with E-state index in [9.17, 15) is 18.0 Å². The van der Waals surface area contributed by atoms with Crippen molar-refractivity contribution in [3.05, 3.63) is 42.0 Å². The fourth-order valence-corrected chi connectivity index (χ4v) is 5.45. The Labute approximate surface area is 185 Å². The van der Waals surface area contributed by atoms with Crippen LogP contribution >= 0.6 is 0 Å². The Morgan fingerprint density at radius 2 is 1.56 bits per heavy atom. The molecule has 2 N–H and O–H groups in total. The highest BCUT2D eigenvalue weighted by Crippen LogP contribution is 2.33. The van der Waals surface area contributed by atoms with Crippen LogP contribution in [0.5, 0.6) is 11.5 Å². The molecule has 3 heterocycles. The number of amides is 2. The zero-order valence-corrected chi connectivity index (χ0v) is 18.0. The average Bonchev–Trinajstić information content (AvgIpc) is 3.17. The minimum Gasteiger partial charge on any atom is -0.454 e. The Bertz CT molecular complexity index is 1190. The van der Waals surface area contributed by atoms with Gasteiger partial charge in [-0.15, -0.1) is 0 Å². The van der Waals surface area contributed by atoms with Gasteiger partial charge in [0.2, 0.25) is 28.6 Å². The van der Waals surface area contributed by atoms with E-state index in [1.54, 1.807) is 0 Å². The molecule has 10 nitrogen and oxygen atoms in total. The number of carbonyl (C=O) groups is 2. The summed E-state index contributed by atoms with van der Waals surface area (Å²) in [5.74, 6) is 0.555. The molecule has 2 amide bonds. The minimum absolute atomic E-state index is 0.0805. The topological polar surface area (TPSA) is 117 Å². The van der Waals surface area contributed by atoms with Crippen molar-refractivity contribution in [2.75, 3.05) is 43.6 Å². The van der Waals surface area contributed by atoms with Crippen LogP contribution in [0.2, 0.25) is 0 Å². The monoisotopic (exact) mass is 458 g/mol. The molecule has 11 heteroatoms. The van der Waals surface area contributed by atoms with E-state index in [-0.39, 0.29) is 23.8 Å². The fraction of sp³-hybridized carbons (Fsp3) is 0.333. The number of sulfonamides is 1. The van der Waals surface area contributed by atoms with Crippen molar-refractivity contribution >= 4 is 33.2 Å². The molecule has 168 valence electrons. The number of anilines is 2. The van der Waals surface area contributed by atoms with Crippen molar-refractivity contribution in [2.45, 2.75) is 17.9 Å². The molecule has 0 saturated carbocycles. The maximum absolute atomic E-state index is 13.2. The summed E-state index contributed by atoms with van der Waals surface area (Å²) in [4.78, 5) is 25.8. The van der Waals surface area contributed by atoms with Crippen LogP contribution in [0.4, 0.5) is 11.4 Å². The summed E-state index contributed by atoms with van der Waals surface area (Å²) < 4.78 is 38.6. The smallest absolute Gasteiger partial charge is 0.243 e. The largest absolute Gasteiger partial charge is 0.454 e. The number of benzene rings is 2. The number of nitrogens with one attached hydrogen (secondary N) is 2. The SMILES string of the molecule is O=C1CC(=O)Nc2cc(S(=O)(=O)N3CCN(Cc4ccc5c(c4)OCO5)CC3)ccc2N1. The van der Waals surface area contributed by atoms with E-state index in [4.69, 9.17) is 9.47 Å². The Morgan fingerprint density at radius 1 is 0.844 bits per heavy atom. The lowest BCUT2D eigenvalue weighted by Gasteiger charge is -2.34. The van der Waals surface area contributed by atoms with Gasteiger partial charge in [-0.2, -0.15) is 4.31 Å². The quantitative estimate of drug-likeness (QED) is 0.661. The van der Waals surface area contributed by atoms with Crippen LogP contribution in [0.25, 0.3) is 0 Å². The molecule has 32 heavy (non-hydrogen) atoms. The lowest BCUT2D eigenvalue weighted by molar-refractivity contribution is -0.123. The number of fused-ring (bicyclic) bond motifs is 2. The van der Waals surface area contributed by atoms with Gasteiger partial charge in [-0.1, -0.05) is 6.07 Å². The Morgan fingerprint density at radius 3 is 2.34 bits per heavy atom. The first-order valence-electron chi connectivity index (χ1n) is 10.2. The van der Waals surface area contributed by atoms with Crippen molar-refractivity contribution < 1.29 is 27.5 Å². The van der Waals surface area contributed by atoms with Gasteiger partial charge in [-0.25, -0.2) is 8.42 Å². The molecule has 1 fully saturated rings. The summed E-state index contributed by atoms with van der Waals surface area (Å²) in [6, 6.07) is 10.2. The van der Waals surface area contributed by atoms with E-state index in [0.717, 1.165) is 17.1 Å². The number of piperazine rings is 1. The van der Waals surface area contributed by atoms with Gasteiger partial charge in [0.1, 0.15) is 6.42 Å². The Hall–Kier alpha value is -3.15. The lowest BCUT2D eigenvalue weighted by atomic mass is 10.2. The van der Waals surface area contributed by atoms with Gasteiger partial charge in [0.15, 0.2) is 11.5 Å². The van der Waals surface area contributed by atoms with Gasteiger partial charge in [0, 0.05) is 32.7 Å². The molecule has 2 aromatic carbocycles. The third-order valence-electron chi connectivity index (χ3n) is 5.67. The second-order valence-electron chi connectivity index (χ2n) is 7.85. The minimum atomic E-state index is -3.74. The highest BCUT2D eigenvalue weighted by atomic mass is 32.2. The molecule has 2 aromatic rings. The van der Waals surface area contributed by atoms with Gasteiger partial charge in [-0.05, 0) is 35.9 Å². The highest BCUT2D eigenvalue weighted by Gasteiger charge is 2.30. The maximum Gasteiger partial charge on any atom is 0.243 e. The number of rotatable bonds is 4. The summed E-state index contributed by atoms with van der Waals surface area (Å²) in [6.45, 7) is 2.81. The van der Waals surface area contributed by atoms with Crippen LogP contribution in [0.1, 0.15) is 12.0 Å². The standard InChI is InChI=1S/C21H22N4O6S/c26-20-11-21(27)23-17-10-15(2-3-16(17)22-20)32(28,29)25-7-5-24(6-8-25)12-14-1-4-18-19(9-14)31-13-30-18/h1-4,9-10H,5-8,11-13H2,(H,22,26)(H,23,27). The van der Waals surface area contributed by atoms with Crippen LogP contribution in [0.3, 0.4) is 0 Å². The molecule has 3 aliphatic rings. The number of ether oxygens (including phenoxy) is 2. The van der Waals surface area contributed by atoms with Crippen molar-refractivity contribution in [3.63, 3.8) is 0 Å². The molecule has 0 unspecified atom stereocenters. The molecule has 0 aromatic heterocycles. The maximum atomic E-state index is 13.2. The summed E-state index contributed by atoms with van der Waals surface area (Å²) >= 11 is 0. The van der Waals surface area contributed by atoms with E-state index in [1.807, 2.05) is 18.2 Å². The third-order valence-corrected chi connectivity index (χ3v) is 7.57. The fourth-order valence-electron chi connectivity index (χ4n) is 4.01. The summed E-state index contributed by atoms with van der Waals surface area (Å²) in [5, 5.41) is 5.19. The molecule has 0 atom stereocenters. The predicted octanol–water partition coefficient (Wildman–Crippen LogP) is 1.20. The van der Waals surface area contributed by atoms with Gasteiger partial charge < -0.3 is 20.1 Å². The van der Waals surface area contributed by atoms with Crippen molar-refractivity contribution in [1.29, 1.82) is 0 Å². The van der Waals surface area contributed by atoms with Gasteiger partial charge in [0.05, 0.1) is 16.3 Å².